The number of carbonyl (C=O) groups is 2. The predicted octanol–water partition coefficient (Wildman–Crippen LogP) is 2.74. The standard InChI is InChI=1S/C23H27N3O5S/c1-3-31-23(28)25-13-11-24(12-14-25)22(27)18-9-10-21-19(16-18)15-17(2)26(21)32(29,30)20-7-5-4-6-8-20/h4-10,16-17H,3,11-15H2,1-2H3/t17-/m1/s1. The summed E-state index contributed by atoms with van der Waals surface area (Å²) in [5.41, 5.74) is 1.98. The number of ether oxygens (including phenoxy) is 1. The van der Waals surface area contributed by atoms with Gasteiger partial charge in [0.1, 0.15) is 0 Å². The van der Waals surface area contributed by atoms with E-state index in [0.29, 0.717) is 50.5 Å². The fourth-order valence-electron chi connectivity index (χ4n) is 4.30. The number of carbonyl (C=O) groups excluding carboxylic acids is 2. The number of benzene rings is 2. The molecule has 2 aromatic carbocycles. The molecule has 32 heavy (non-hydrogen) atoms. The summed E-state index contributed by atoms with van der Waals surface area (Å²) >= 11 is 0. The zero-order valence-electron chi connectivity index (χ0n) is 18.2. The van der Waals surface area contributed by atoms with Crippen molar-refractivity contribution in [3.63, 3.8) is 0 Å². The number of piperazine rings is 1. The lowest BCUT2D eigenvalue weighted by Crippen LogP contribution is -2.50. The fraction of sp³-hybridized carbons (Fsp3) is 0.391. The van der Waals surface area contributed by atoms with Crippen LogP contribution in [0.2, 0.25) is 0 Å². The third-order valence-electron chi connectivity index (χ3n) is 5.87. The first-order valence-corrected chi connectivity index (χ1v) is 12.2. The SMILES string of the molecule is CCOC(=O)N1CCN(C(=O)c2ccc3c(c2)C[C@@H](C)N3S(=O)(=O)c2ccccc2)CC1. The van der Waals surface area contributed by atoms with Gasteiger partial charge >= 0.3 is 6.09 Å². The summed E-state index contributed by atoms with van der Waals surface area (Å²) < 4.78 is 32.9. The Morgan fingerprint density at radius 3 is 2.31 bits per heavy atom. The molecule has 2 aliphatic heterocycles. The van der Waals surface area contributed by atoms with Crippen molar-refractivity contribution in [2.24, 2.45) is 0 Å². The Labute approximate surface area is 188 Å². The summed E-state index contributed by atoms with van der Waals surface area (Å²) in [5.74, 6) is -0.117. The third kappa shape index (κ3) is 4.04. The van der Waals surface area contributed by atoms with Gasteiger partial charge in [-0.15, -0.1) is 0 Å². The molecule has 0 unspecified atom stereocenters. The molecule has 0 bridgehead atoms. The monoisotopic (exact) mass is 457 g/mol. The minimum Gasteiger partial charge on any atom is -0.450 e. The highest BCUT2D eigenvalue weighted by Crippen LogP contribution is 2.37. The molecule has 170 valence electrons. The smallest absolute Gasteiger partial charge is 0.409 e. The summed E-state index contributed by atoms with van der Waals surface area (Å²) in [6, 6.07) is 13.3. The molecular weight excluding hydrogens is 430 g/mol. The third-order valence-corrected chi connectivity index (χ3v) is 7.81. The van der Waals surface area contributed by atoms with Crippen LogP contribution in [0.15, 0.2) is 53.4 Å². The number of fused-ring (bicyclic) bond motifs is 1. The highest BCUT2D eigenvalue weighted by Gasteiger charge is 2.36. The first-order chi connectivity index (χ1) is 15.3. The van der Waals surface area contributed by atoms with Crippen molar-refractivity contribution in [1.29, 1.82) is 0 Å². The van der Waals surface area contributed by atoms with Gasteiger partial charge in [-0.1, -0.05) is 18.2 Å². The van der Waals surface area contributed by atoms with Gasteiger partial charge in [-0.2, -0.15) is 0 Å². The maximum absolute atomic E-state index is 13.2. The van der Waals surface area contributed by atoms with Crippen LogP contribution in [0.25, 0.3) is 0 Å². The van der Waals surface area contributed by atoms with Gasteiger partial charge in [-0.3, -0.25) is 9.10 Å². The lowest BCUT2D eigenvalue weighted by molar-refractivity contribution is 0.0570. The number of nitrogens with zero attached hydrogens (tertiary/aromatic N) is 3. The summed E-state index contributed by atoms with van der Waals surface area (Å²) in [7, 11) is -3.69. The van der Waals surface area contributed by atoms with Crippen molar-refractivity contribution >= 4 is 27.7 Å². The maximum Gasteiger partial charge on any atom is 0.409 e. The molecule has 2 aromatic rings. The highest BCUT2D eigenvalue weighted by molar-refractivity contribution is 7.92. The molecule has 1 fully saturated rings. The first-order valence-electron chi connectivity index (χ1n) is 10.8. The topological polar surface area (TPSA) is 87.2 Å². The van der Waals surface area contributed by atoms with E-state index in [-0.39, 0.29) is 22.9 Å². The van der Waals surface area contributed by atoms with Gasteiger partial charge in [0.05, 0.1) is 17.2 Å². The molecule has 0 aliphatic carbocycles. The van der Waals surface area contributed by atoms with Crippen LogP contribution >= 0.6 is 0 Å². The van der Waals surface area contributed by atoms with Gasteiger partial charge < -0.3 is 14.5 Å². The zero-order chi connectivity index (χ0) is 22.9. The van der Waals surface area contributed by atoms with E-state index < -0.39 is 10.0 Å². The van der Waals surface area contributed by atoms with E-state index in [9.17, 15) is 18.0 Å². The zero-order valence-corrected chi connectivity index (χ0v) is 19.0. The van der Waals surface area contributed by atoms with E-state index in [4.69, 9.17) is 4.74 Å². The molecule has 9 heteroatoms. The highest BCUT2D eigenvalue weighted by atomic mass is 32.2. The molecular formula is C23H27N3O5S. The van der Waals surface area contributed by atoms with E-state index in [0.717, 1.165) is 5.56 Å². The number of sulfonamides is 1. The van der Waals surface area contributed by atoms with Gasteiger partial charge in [-0.25, -0.2) is 13.2 Å². The van der Waals surface area contributed by atoms with Gasteiger partial charge in [0, 0.05) is 37.8 Å². The van der Waals surface area contributed by atoms with Gasteiger partial charge in [-0.05, 0) is 56.2 Å². The van der Waals surface area contributed by atoms with Crippen LogP contribution < -0.4 is 4.31 Å². The van der Waals surface area contributed by atoms with Crippen molar-refractivity contribution in [2.45, 2.75) is 31.2 Å². The van der Waals surface area contributed by atoms with Crippen LogP contribution in [-0.4, -0.2) is 69.0 Å². The fourth-order valence-corrected chi connectivity index (χ4v) is 6.01. The largest absolute Gasteiger partial charge is 0.450 e. The number of hydrogen-bond donors (Lipinski definition) is 0. The molecule has 2 heterocycles. The molecule has 0 aromatic heterocycles. The van der Waals surface area contributed by atoms with Gasteiger partial charge in [0.25, 0.3) is 15.9 Å². The molecule has 0 spiro atoms. The van der Waals surface area contributed by atoms with Crippen molar-refractivity contribution in [1.82, 2.24) is 9.80 Å². The number of anilines is 1. The Kier molecular flexibility index (Phi) is 6.10. The van der Waals surface area contributed by atoms with Gasteiger partial charge in [0.15, 0.2) is 0 Å². The lowest BCUT2D eigenvalue weighted by atomic mass is 10.1. The predicted molar refractivity (Wildman–Crippen MR) is 120 cm³/mol. The second kappa shape index (κ2) is 8.82. The minimum atomic E-state index is -3.69. The Balaban J connectivity index is 1.51. The second-order valence-electron chi connectivity index (χ2n) is 7.99. The Bertz CT molecular complexity index is 1110. The Morgan fingerprint density at radius 2 is 1.66 bits per heavy atom. The first kappa shape index (κ1) is 22.1. The molecule has 1 atom stereocenters. The summed E-state index contributed by atoms with van der Waals surface area (Å²) in [5, 5.41) is 0. The molecule has 2 amide bonds. The Morgan fingerprint density at radius 1 is 1.00 bits per heavy atom. The van der Waals surface area contributed by atoms with Crippen LogP contribution in [0.3, 0.4) is 0 Å². The molecule has 0 saturated carbocycles. The summed E-state index contributed by atoms with van der Waals surface area (Å²) in [6.07, 6.45) is 0.185. The summed E-state index contributed by atoms with van der Waals surface area (Å²) in [6.45, 7) is 5.67. The van der Waals surface area contributed by atoms with E-state index in [1.54, 1.807) is 65.3 Å². The average Bonchev–Trinajstić information content (AvgIpc) is 3.15. The Hall–Kier alpha value is -3.07. The second-order valence-corrected chi connectivity index (χ2v) is 9.80. The van der Waals surface area contributed by atoms with Crippen molar-refractivity contribution in [3.05, 3.63) is 59.7 Å². The molecule has 1 saturated heterocycles. The maximum atomic E-state index is 13.2. The van der Waals surface area contributed by atoms with Crippen LogP contribution in [0, 0.1) is 0 Å². The van der Waals surface area contributed by atoms with E-state index in [2.05, 4.69) is 0 Å². The summed E-state index contributed by atoms with van der Waals surface area (Å²) in [4.78, 5) is 28.5. The van der Waals surface area contributed by atoms with Crippen LogP contribution in [-0.2, 0) is 21.2 Å². The molecule has 4 rings (SSSR count). The average molecular weight is 458 g/mol. The number of amides is 2. The van der Waals surface area contributed by atoms with Crippen molar-refractivity contribution in [2.75, 3.05) is 37.1 Å². The molecule has 0 N–H and O–H groups in total. The number of rotatable bonds is 4. The van der Waals surface area contributed by atoms with E-state index >= 15 is 0 Å². The lowest BCUT2D eigenvalue weighted by Gasteiger charge is -2.34. The molecule has 0 radical (unpaired) electrons. The van der Waals surface area contributed by atoms with Crippen molar-refractivity contribution in [3.8, 4) is 0 Å². The molecule has 2 aliphatic rings. The molecule has 8 nitrogen and oxygen atoms in total. The van der Waals surface area contributed by atoms with Gasteiger partial charge in [0.2, 0.25) is 0 Å². The van der Waals surface area contributed by atoms with Crippen molar-refractivity contribution < 1.29 is 22.7 Å². The van der Waals surface area contributed by atoms with E-state index in [1.807, 2.05) is 6.92 Å². The van der Waals surface area contributed by atoms with Crippen LogP contribution in [0.5, 0.6) is 0 Å². The van der Waals surface area contributed by atoms with Crippen LogP contribution in [0.4, 0.5) is 10.5 Å². The minimum absolute atomic E-state index is 0.117. The number of hydrogen-bond acceptors (Lipinski definition) is 5. The van der Waals surface area contributed by atoms with E-state index in [1.165, 1.54) is 4.31 Å². The van der Waals surface area contributed by atoms with Crippen LogP contribution in [0.1, 0.15) is 29.8 Å². The normalized spacial score (nSPS) is 18.4. The quantitative estimate of drug-likeness (QED) is 0.705.